The van der Waals surface area contributed by atoms with E-state index in [1.807, 2.05) is 31.2 Å². The molecule has 0 spiro atoms. The van der Waals surface area contributed by atoms with Gasteiger partial charge in [-0.05, 0) is 45.0 Å². The highest BCUT2D eigenvalue weighted by Gasteiger charge is 2.16. The minimum absolute atomic E-state index is 0.322. The predicted octanol–water partition coefficient (Wildman–Crippen LogP) is 2.22. The molecule has 1 aromatic carbocycles. The third-order valence-electron chi connectivity index (χ3n) is 2.73. The number of piperidine rings is 1. The van der Waals surface area contributed by atoms with Crippen LogP contribution in [0, 0.1) is 0 Å². The van der Waals surface area contributed by atoms with E-state index in [2.05, 4.69) is 5.32 Å². The molecule has 0 radical (unpaired) electrons. The van der Waals surface area contributed by atoms with Gasteiger partial charge >= 0.3 is 0 Å². The van der Waals surface area contributed by atoms with E-state index in [4.69, 9.17) is 9.47 Å². The van der Waals surface area contributed by atoms with Crippen molar-refractivity contribution in [1.29, 1.82) is 0 Å². The van der Waals surface area contributed by atoms with Crippen molar-refractivity contribution < 1.29 is 9.47 Å². The van der Waals surface area contributed by atoms with E-state index < -0.39 is 0 Å². The van der Waals surface area contributed by atoms with Gasteiger partial charge < -0.3 is 14.8 Å². The van der Waals surface area contributed by atoms with Crippen molar-refractivity contribution in [2.24, 2.45) is 0 Å². The van der Waals surface area contributed by atoms with Crippen LogP contribution in [0.2, 0.25) is 0 Å². The summed E-state index contributed by atoms with van der Waals surface area (Å²) in [7, 11) is 0. The molecule has 0 atom stereocenters. The fraction of sp³-hybridized carbons (Fsp3) is 0.538. The molecule has 0 amide bonds. The van der Waals surface area contributed by atoms with Crippen molar-refractivity contribution in [3.05, 3.63) is 24.3 Å². The van der Waals surface area contributed by atoms with E-state index in [0.29, 0.717) is 12.7 Å². The summed E-state index contributed by atoms with van der Waals surface area (Å²) in [6, 6.07) is 7.89. The van der Waals surface area contributed by atoms with Crippen molar-refractivity contribution in [2.75, 3.05) is 19.7 Å². The Hall–Kier alpha value is -1.22. The first-order valence-electron chi connectivity index (χ1n) is 5.99. The van der Waals surface area contributed by atoms with Gasteiger partial charge in [-0.2, -0.15) is 0 Å². The Morgan fingerprint density at radius 1 is 1.19 bits per heavy atom. The topological polar surface area (TPSA) is 30.5 Å². The highest BCUT2D eigenvalue weighted by molar-refractivity contribution is 5.39. The van der Waals surface area contributed by atoms with E-state index in [9.17, 15) is 0 Å². The third kappa shape index (κ3) is 2.89. The summed E-state index contributed by atoms with van der Waals surface area (Å²) in [5.41, 5.74) is 0. The number of benzene rings is 1. The number of nitrogens with one attached hydrogen (secondary N) is 1. The summed E-state index contributed by atoms with van der Waals surface area (Å²) in [5.74, 6) is 1.72. The molecule has 16 heavy (non-hydrogen) atoms. The normalized spacial score (nSPS) is 17.1. The Labute approximate surface area is 96.8 Å². The lowest BCUT2D eigenvalue weighted by atomic mass is 10.1. The Kier molecular flexibility index (Phi) is 4.05. The average Bonchev–Trinajstić information content (AvgIpc) is 2.33. The highest BCUT2D eigenvalue weighted by Crippen LogP contribution is 2.28. The van der Waals surface area contributed by atoms with E-state index in [0.717, 1.165) is 37.4 Å². The van der Waals surface area contributed by atoms with E-state index in [-0.39, 0.29) is 0 Å². The summed E-state index contributed by atoms with van der Waals surface area (Å²) in [4.78, 5) is 0. The molecule has 0 saturated carbocycles. The van der Waals surface area contributed by atoms with Crippen LogP contribution < -0.4 is 14.8 Å². The lowest BCUT2D eigenvalue weighted by Gasteiger charge is -2.24. The molecule has 0 bridgehead atoms. The molecule has 1 N–H and O–H groups in total. The van der Waals surface area contributed by atoms with Gasteiger partial charge in [0.2, 0.25) is 0 Å². The van der Waals surface area contributed by atoms with Crippen LogP contribution >= 0.6 is 0 Å². The van der Waals surface area contributed by atoms with Crippen LogP contribution in [0.25, 0.3) is 0 Å². The largest absolute Gasteiger partial charge is 0.490 e. The fourth-order valence-electron chi connectivity index (χ4n) is 1.92. The molecule has 1 heterocycles. The van der Waals surface area contributed by atoms with Crippen molar-refractivity contribution >= 4 is 0 Å². The molecule has 3 nitrogen and oxygen atoms in total. The van der Waals surface area contributed by atoms with E-state index in [1.54, 1.807) is 0 Å². The second-order valence-electron chi connectivity index (χ2n) is 3.95. The molecule has 1 aromatic rings. The van der Waals surface area contributed by atoms with Crippen LogP contribution in [-0.2, 0) is 0 Å². The molecular weight excluding hydrogens is 202 g/mol. The summed E-state index contributed by atoms with van der Waals surface area (Å²) in [5, 5.41) is 3.33. The molecule has 1 fully saturated rings. The SMILES string of the molecule is CCOc1ccccc1OC1CCNCC1. The second kappa shape index (κ2) is 5.75. The molecule has 0 aromatic heterocycles. The fourth-order valence-corrected chi connectivity index (χ4v) is 1.92. The van der Waals surface area contributed by atoms with Gasteiger partial charge in [0.25, 0.3) is 0 Å². The molecule has 1 saturated heterocycles. The monoisotopic (exact) mass is 221 g/mol. The second-order valence-corrected chi connectivity index (χ2v) is 3.95. The zero-order valence-electron chi connectivity index (χ0n) is 9.74. The van der Waals surface area contributed by atoms with Crippen LogP contribution in [0.4, 0.5) is 0 Å². The number of para-hydroxylation sites is 2. The van der Waals surface area contributed by atoms with Gasteiger partial charge in [0.05, 0.1) is 6.61 Å². The molecule has 1 aliphatic rings. The van der Waals surface area contributed by atoms with Crippen LogP contribution in [0.3, 0.4) is 0 Å². The van der Waals surface area contributed by atoms with Gasteiger partial charge in [-0.3, -0.25) is 0 Å². The molecule has 0 aliphatic carbocycles. The molecule has 3 heteroatoms. The minimum atomic E-state index is 0.322. The van der Waals surface area contributed by atoms with E-state index >= 15 is 0 Å². The van der Waals surface area contributed by atoms with Gasteiger partial charge in [-0.15, -0.1) is 0 Å². The molecule has 1 aliphatic heterocycles. The Balaban J connectivity index is 2.01. The Bertz CT molecular complexity index is 321. The van der Waals surface area contributed by atoms with Crippen molar-refractivity contribution in [3.8, 4) is 11.5 Å². The first-order chi connectivity index (χ1) is 7.90. The summed E-state index contributed by atoms with van der Waals surface area (Å²) < 4.78 is 11.5. The van der Waals surface area contributed by atoms with Gasteiger partial charge in [0.1, 0.15) is 6.10 Å². The van der Waals surface area contributed by atoms with Crippen LogP contribution in [0.1, 0.15) is 19.8 Å². The molecule has 88 valence electrons. The number of hydrogen-bond acceptors (Lipinski definition) is 3. The molecule has 0 unspecified atom stereocenters. The number of ether oxygens (including phenoxy) is 2. The van der Waals surface area contributed by atoms with Crippen LogP contribution in [0.15, 0.2) is 24.3 Å². The lowest BCUT2D eigenvalue weighted by Crippen LogP contribution is -2.34. The quantitative estimate of drug-likeness (QED) is 0.845. The number of hydrogen-bond donors (Lipinski definition) is 1. The minimum Gasteiger partial charge on any atom is -0.490 e. The first-order valence-corrected chi connectivity index (χ1v) is 5.99. The number of rotatable bonds is 4. The van der Waals surface area contributed by atoms with Gasteiger partial charge in [0.15, 0.2) is 11.5 Å². The van der Waals surface area contributed by atoms with Crippen molar-refractivity contribution in [2.45, 2.75) is 25.9 Å². The maximum atomic E-state index is 5.97. The zero-order chi connectivity index (χ0) is 11.2. The Morgan fingerprint density at radius 2 is 1.88 bits per heavy atom. The van der Waals surface area contributed by atoms with Gasteiger partial charge in [-0.25, -0.2) is 0 Å². The summed E-state index contributed by atoms with van der Waals surface area (Å²) >= 11 is 0. The predicted molar refractivity (Wildman–Crippen MR) is 64.1 cm³/mol. The average molecular weight is 221 g/mol. The van der Waals surface area contributed by atoms with Gasteiger partial charge in [0, 0.05) is 0 Å². The standard InChI is InChI=1S/C13H19NO2/c1-2-15-12-5-3-4-6-13(12)16-11-7-9-14-10-8-11/h3-6,11,14H,2,7-10H2,1H3. The Morgan fingerprint density at radius 3 is 2.56 bits per heavy atom. The van der Waals surface area contributed by atoms with Crippen LogP contribution in [0.5, 0.6) is 11.5 Å². The van der Waals surface area contributed by atoms with Crippen LogP contribution in [-0.4, -0.2) is 25.8 Å². The zero-order valence-corrected chi connectivity index (χ0v) is 9.74. The maximum absolute atomic E-state index is 5.97. The first kappa shape index (κ1) is 11.3. The third-order valence-corrected chi connectivity index (χ3v) is 2.73. The molecular formula is C13H19NO2. The molecule has 2 rings (SSSR count). The lowest BCUT2D eigenvalue weighted by molar-refractivity contribution is 0.154. The van der Waals surface area contributed by atoms with Crippen molar-refractivity contribution in [1.82, 2.24) is 5.32 Å². The van der Waals surface area contributed by atoms with Gasteiger partial charge in [-0.1, -0.05) is 12.1 Å². The smallest absolute Gasteiger partial charge is 0.161 e. The summed E-state index contributed by atoms with van der Waals surface area (Å²) in [6.45, 7) is 4.75. The highest BCUT2D eigenvalue weighted by atomic mass is 16.5. The van der Waals surface area contributed by atoms with E-state index in [1.165, 1.54) is 0 Å². The maximum Gasteiger partial charge on any atom is 0.161 e. The van der Waals surface area contributed by atoms with Crippen molar-refractivity contribution in [3.63, 3.8) is 0 Å². The summed E-state index contributed by atoms with van der Waals surface area (Å²) in [6.07, 6.45) is 2.46.